The number of nitrogens with zero attached hydrogens (tertiary/aromatic N) is 3. The van der Waals surface area contributed by atoms with E-state index < -0.39 is 23.7 Å². The summed E-state index contributed by atoms with van der Waals surface area (Å²) in [4.78, 5) is 12.2. The summed E-state index contributed by atoms with van der Waals surface area (Å²) in [7, 11) is 0. The highest BCUT2D eigenvalue weighted by Crippen LogP contribution is 2.29. The van der Waals surface area contributed by atoms with Gasteiger partial charge in [-0.15, -0.1) is 10.2 Å². The fourth-order valence-corrected chi connectivity index (χ4v) is 2.34. The molecule has 0 saturated heterocycles. The number of hydrogen-bond donors (Lipinski definition) is 1. The number of alkyl halides is 3. The highest BCUT2D eigenvalue weighted by molar-refractivity contribution is 5.94. The van der Waals surface area contributed by atoms with Crippen LogP contribution >= 0.6 is 0 Å². The average Bonchev–Trinajstić information content (AvgIpc) is 2.98. The Kier molecular flexibility index (Phi) is 3.96. The second-order valence-corrected chi connectivity index (χ2v) is 5.26. The number of carbonyl (C=O) groups is 1. The van der Waals surface area contributed by atoms with Crippen molar-refractivity contribution in [3.63, 3.8) is 0 Å². The first-order chi connectivity index (χ1) is 11.4. The Bertz CT molecular complexity index is 888. The summed E-state index contributed by atoms with van der Waals surface area (Å²) >= 11 is 0. The van der Waals surface area contributed by atoms with Crippen LogP contribution in [0, 0.1) is 0 Å². The lowest BCUT2D eigenvalue weighted by Gasteiger charge is -2.13. The van der Waals surface area contributed by atoms with E-state index in [1.165, 1.54) is 12.1 Å². The van der Waals surface area contributed by atoms with Crippen LogP contribution in [0.25, 0.3) is 5.65 Å². The summed E-state index contributed by atoms with van der Waals surface area (Å²) in [6, 6.07) is 9.12. The third kappa shape index (κ3) is 3.08. The maximum absolute atomic E-state index is 12.7. The van der Waals surface area contributed by atoms with Crippen LogP contribution in [0.2, 0.25) is 0 Å². The highest BCUT2D eigenvalue weighted by atomic mass is 19.4. The first-order valence-electron chi connectivity index (χ1n) is 7.14. The third-order valence-electron chi connectivity index (χ3n) is 3.53. The van der Waals surface area contributed by atoms with E-state index in [-0.39, 0.29) is 5.56 Å². The van der Waals surface area contributed by atoms with Gasteiger partial charge < -0.3 is 5.32 Å². The molecule has 5 nitrogen and oxygen atoms in total. The lowest BCUT2D eigenvalue weighted by atomic mass is 10.1. The monoisotopic (exact) mass is 334 g/mol. The number of nitrogens with one attached hydrogen (secondary N) is 1. The van der Waals surface area contributed by atoms with E-state index in [1.807, 2.05) is 0 Å². The van der Waals surface area contributed by atoms with Crippen molar-refractivity contribution in [1.82, 2.24) is 19.9 Å². The van der Waals surface area contributed by atoms with Gasteiger partial charge in [-0.1, -0.05) is 12.1 Å². The zero-order valence-electron chi connectivity index (χ0n) is 12.6. The van der Waals surface area contributed by atoms with Crippen molar-refractivity contribution in [3.05, 3.63) is 65.6 Å². The number of pyridine rings is 1. The second kappa shape index (κ2) is 5.95. The van der Waals surface area contributed by atoms with Crippen LogP contribution in [0.15, 0.2) is 48.7 Å². The molecule has 8 heteroatoms. The zero-order valence-corrected chi connectivity index (χ0v) is 12.6. The van der Waals surface area contributed by atoms with E-state index in [1.54, 1.807) is 35.7 Å². The van der Waals surface area contributed by atoms with Gasteiger partial charge in [0.2, 0.25) is 0 Å². The number of hydrogen-bond acceptors (Lipinski definition) is 3. The normalized spacial score (nSPS) is 13.0. The standard InChI is InChI=1S/C16H13F3N4O/c1-10(14-22-21-13-7-2-3-8-23(13)14)20-15(24)11-5-4-6-12(9-11)16(17,18)19/h2-10H,1H3,(H,20,24)/t10-/m1/s1. The lowest BCUT2D eigenvalue weighted by Crippen LogP contribution is -2.28. The topological polar surface area (TPSA) is 59.3 Å². The molecule has 1 amide bonds. The van der Waals surface area contributed by atoms with Gasteiger partial charge in [-0.2, -0.15) is 13.2 Å². The number of halogens is 3. The molecule has 0 fully saturated rings. The zero-order chi connectivity index (χ0) is 17.3. The Morgan fingerprint density at radius 2 is 1.96 bits per heavy atom. The number of fused-ring (bicyclic) bond motifs is 1. The van der Waals surface area contributed by atoms with Gasteiger partial charge in [0.05, 0.1) is 11.6 Å². The minimum atomic E-state index is -4.49. The van der Waals surface area contributed by atoms with Crippen LogP contribution in [0.3, 0.4) is 0 Å². The summed E-state index contributed by atoms with van der Waals surface area (Å²) < 4.78 is 39.9. The molecule has 0 saturated carbocycles. The van der Waals surface area contributed by atoms with Crippen molar-refractivity contribution in [2.75, 3.05) is 0 Å². The Hall–Kier alpha value is -2.90. The van der Waals surface area contributed by atoms with Crippen LogP contribution in [-0.2, 0) is 6.18 Å². The van der Waals surface area contributed by atoms with Gasteiger partial charge in [0.25, 0.3) is 5.91 Å². The molecule has 0 aliphatic rings. The number of carbonyl (C=O) groups excluding carboxylic acids is 1. The van der Waals surface area contributed by atoms with Crippen molar-refractivity contribution in [2.45, 2.75) is 19.1 Å². The average molecular weight is 334 g/mol. The third-order valence-corrected chi connectivity index (χ3v) is 3.53. The smallest absolute Gasteiger partial charge is 0.342 e. The molecule has 24 heavy (non-hydrogen) atoms. The van der Waals surface area contributed by atoms with Crippen molar-refractivity contribution < 1.29 is 18.0 Å². The fourth-order valence-electron chi connectivity index (χ4n) is 2.34. The number of amides is 1. The molecule has 1 atom stereocenters. The van der Waals surface area contributed by atoms with Crippen LogP contribution < -0.4 is 5.32 Å². The molecule has 3 aromatic rings. The van der Waals surface area contributed by atoms with Crippen molar-refractivity contribution >= 4 is 11.6 Å². The van der Waals surface area contributed by atoms with Gasteiger partial charge in [-0.25, -0.2) is 0 Å². The predicted molar refractivity (Wildman–Crippen MR) is 80.3 cm³/mol. The molecule has 3 rings (SSSR count). The van der Waals surface area contributed by atoms with Crippen LogP contribution in [0.4, 0.5) is 13.2 Å². The maximum atomic E-state index is 12.7. The molecule has 2 aromatic heterocycles. The molecule has 1 aromatic carbocycles. The molecule has 2 heterocycles. The SMILES string of the molecule is C[C@@H](NC(=O)c1cccc(C(F)(F)F)c1)c1nnc2ccccn12. The van der Waals surface area contributed by atoms with Crippen LogP contribution in [0.1, 0.15) is 34.7 Å². The maximum Gasteiger partial charge on any atom is 0.416 e. The number of aromatic nitrogens is 3. The molecule has 0 bridgehead atoms. The van der Waals surface area contributed by atoms with Gasteiger partial charge in [0.1, 0.15) is 0 Å². The molecular formula is C16H13F3N4O. The second-order valence-electron chi connectivity index (χ2n) is 5.26. The van der Waals surface area contributed by atoms with E-state index in [0.29, 0.717) is 11.5 Å². The number of rotatable bonds is 3. The fraction of sp³-hybridized carbons (Fsp3) is 0.188. The minimum Gasteiger partial charge on any atom is -0.342 e. The molecule has 0 aliphatic heterocycles. The van der Waals surface area contributed by atoms with Crippen LogP contribution in [-0.4, -0.2) is 20.5 Å². The van der Waals surface area contributed by atoms with E-state index in [0.717, 1.165) is 12.1 Å². The molecule has 0 aliphatic carbocycles. The Morgan fingerprint density at radius 3 is 2.71 bits per heavy atom. The van der Waals surface area contributed by atoms with E-state index in [4.69, 9.17) is 0 Å². The van der Waals surface area contributed by atoms with E-state index in [9.17, 15) is 18.0 Å². The summed E-state index contributed by atoms with van der Waals surface area (Å²) in [6.45, 7) is 1.69. The summed E-state index contributed by atoms with van der Waals surface area (Å²) in [5, 5.41) is 10.6. The highest BCUT2D eigenvalue weighted by Gasteiger charge is 2.31. The van der Waals surface area contributed by atoms with Gasteiger partial charge in [0, 0.05) is 11.8 Å². The molecule has 0 unspecified atom stereocenters. The van der Waals surface area contributed by atoms with Crippen molar-refractivity contribution in [1.29, 1.82) is 0 Å². The lowest BCUT2D eigenvalue weighted by molar-refractivity contribution is -0.137. The molecule has 0 radical (unpaired) electrons. The Balaban J connectivity index is 1.82. The Morgan fingerprint density at radius 1 is 1.17 bits per heavy atom. The van der Waals surface area contributed by atoms with E-state index >= 15 is 0 Å². The van der Waals surface area contributed by atoms with Gasteiger partial charge in [-0.05, 0) is 37.3 Å². The first kappa shape index (κ1) is 16.0. The Labute approximate surface area is 135 Å². The molecule has 1 N–H and O–H groups in total. The van der Waals surface area contributed by atoms with E-state index in [2.05, 4.69) is 15.5 Å². The summed E-state index contributed by atoms with van der Waals surface area (Å²) in [5.74, 6) is -0.118. The van der Waals surface area contributed by atoms with Gasteiger partial charge in [0.15, 0.2) is 11.5 Å². The van der Waals surface area contributed by atoms with Crippen molar-refractivity contribution in [2.24, 2.45) is 0 Å². The van der Waals surface area contributed by atoms with Gasteiger partial charge >= 0.3 is 6.18 Å². The van der Waals surface area contributed by atoms with Crippen molar-refractivity contribution in [3.8, 4) is 0 Å². The van der Waals surface area contributed by atoms with Gasteiger partial charge in [-0.3, -0.25) is 9.20 Å². The van der Waals surface area contributed by atoms with Crippen LogP contribution in [0.5, 0.6) is 0 Å². The molecule has 124 valence electrons. The number of benzene rings is 1. The molecular weight excluding hydrogens is 321 g/mol. The summed E-state index contributed by atoms with van der Waals surface area (Å²) in [6.07, 6.45) is -2.75. The minimum absolute atomic E-state index is 0.0644. The first-order valence-corrected chi connectivity index (χ1v) is 7.14. The molecule has 0 spiro atoms. The predicted octanol–water partition coefficient (Wildman–Crippen LogP) is 3.24. The summed E-state index contributed by atoms with van der Waals surface area (Å²) in [5.41, 5.74) is -0.311. The largest absolute Gasteiger partial charge is 0.416 e. The quantitative estimate of drug-likeness (QED) is 0.800.